The van der Waals surface area contributed by atoms with E-state index in [0.717, 1.165) is 29.8 Å². The maximum absolute atomic E-state index is 13.8. The average molecular weight is 406 g/mol. The lowest BCUT2D eigenvalue weighted by Crippen LogP contribution is -2.47. The Bertz CT molecular complexity index is 836. The summed E-state index contributed by atoms with van der Waals surface area (Å²) in [5, 5.41) is 4.83. The molecule has 0 saturated carbocycles. The summed E-state index contributed by atoms with van der Waals surface area (Å²) < 4.78 is 0. The van der Waals surface area contributed by atoms with Gasteiger partial charge in [-0.05, 0) is 68.9 Å². The topological polar surface area (TPSA) is 26.8 Å². The van der Waals surface area contributed by atoms with Crippen LogP contribution in [-0.2, 0) is 10.2 Å². The second kappa shape index (κ2) is 7.80. The molecule has 0 spiro atoms. The average Bonchev–Trinajstić information content (AvgIpc) is 2.84. The molecule has 6 heteroatoms. The van der Waals surface area contributed by atoms with Gasteiger partial charge >= 0.3 is 0 Å². The first-order valence-corrected chi connectivity index (χ1v) is 9.75. The number of benzene rings is 2. The summed E-state index contributed by atoms with van der Waals surface area (Å²) in [5.74, 6) is 0.0471. The van der Waals surface area contributed by atoms with Crippen molar-refractivity contribution < 1.29 is 4.79 Å². The third-order valence-electron chi connectivity index (χ3n) is 5.10. The predicted molar refractivity (Wildman–Crippen MR) is 113 cm³/mol. The third-order valence-corrected chi connectivity index (χ3v) is 5.59. The zero-order chi connectivity index (χ0) is 19.8. The molecule has 1 aliphatic heterocycles. The molecule has 0 radical (unpaired) electrons. The summed E-state index contributed by atoms with van der Waals surface area (Å²) >= 11 is 12.4. The van der Waals surface area contributed by atoms with Crippen molar-refractivity contribution >= 4 is 34.8 Å². The number of carbonyl (C=O) groups is 1. The molecular weight excluding hydrogens is 381 g/mol. The van der Waals surface area contributed by atoms with Crippen molar-refractivity contribution in [3.05, 3.63) is 63.6 Å². The first-order chi connectivity index (χ1) is 12.8. The first-order valence-electron chi connectivity index (χ1n) is 9.00. The van der Waals surface area contributed by atoms with Gasteiger partial charge < -0.3 is 4.90 Å². The van der Waals surface area contributed by atoms with Crippen LogP contribution in [0, 0.1) is 0 Å². The molecule has 2 aromatic rings. The van der Waals surface area contributed by atoms with Crippen molar-refractivity contribution in [3.63, 3.8) is 0 Å². The Morgan fingerprint density at radius 3 is 2.19 bits per heavy atom. The Morgan fingerprint density at radius 1 is 0.963 bits per heavy atom. The van der Waals surface area contributed by atoms with Crippen molar-refractivity contribution in [2.45, 2.75) is 18.3 Å². The summed E-state index contributed by atoms with van der Waals surface area (Å²) in [6.45, 7) is 0.910. The fourth-order valence-electron chi connectivity index (χ4n) is 3.90. The van der Waals surface area contributed by atoms with Gasteiger partial charge in [-0.3, -0.25) is 4.79 Å². The Labute approximate surface area is 171 Å². The van der Waals surface area contributed by atoms with Gasteiger partial charge in [-0.25, -0.2) is 10.0 Å². The minimum atomic E-state index is -0.745. The predicted octanol–water partition coefficient (Wildman–Crippen LogP) is 4.44. The van der Waals surface area contributed by atoms with E-state index >= 15 is 0 Å². The lowest BCUT2D eigenvalue weighted by molar-refractivity contribution is -0.124. The largest absolute Gasteiger partial charge is 0.309 e. The summed E-state index contributed by atoms with van der Waals surface area (Å²) in [6.07, 6.45) is 1.61. The van der Waals surface area contributed by atoms with Crippen LogP contribution in [0.15, 0.2) is 42.5 Å². The van der Waals surface area contributed by atoms with E-state index in [9.17, 15) is 4.79 Å². The van der Waals surface area contributed by atoms with Gasteiger partial charge in [0.2, 0.25) is 0 Å². The van der Waals surface area contributed by atoms with Gasteiger partial charge in [0.1, 0.15) is 5.41 Å². The Balaban J connectivity index is 2.19. The number of hydrogen-bond donors (Lipinski definition) is 0. The molecule has 144 valence electrons. The number of fused-ring (bicyclic) bond motifs is 1. The number of hydrazine groups is 1. The number of halogens is 2. The molecule has 4 nitrogen and oxygen atoms in total. The fourth-order valence-corrected chi connectivity index (χ4v) is 4.20. The highest BCUT2D eigenvalue weighted by Gasteiger charge is 2.52. The molecule has 0 N–H and O–H groups in total. The van der Waals surface area contributed by atoms with E-state index in [0.29, 0.717) is 16.5 Å². The van der Waals surface area contributed by atoms with Gasteiger partial charge in [-0.15, -0.1) is 0 Å². The Hall–Kier alpha value is -1.59. The second-order valence-electron chi connectivity index (χ2n) is 7.44. The van der Waals surface area contributed by atoms with Crippen LogP contribution >= 0.6 is 23.2 Å². The Kier molecular flexibility index (Phi) is 5.82. The normalized spacial score (nSPS) is 19.3. The smallest absolute Gasteiger partial charge is 0.256 e. The summed E-state index contributed by atoms with van der Waals surface area (Å²) in [5.41, 5.74) is 2.05. The summed E-state index contributed by atoms with van der Waals surface area (Å²) in [6, 6.07) is 13.4. The minimum absolute atomic E-state index is 0.0471. The van der Waals surface area contributed by atoms with E-state index in [2.05, 4.69) is 4.90 Å². The maximum atomic E-state index is 13.8. The molecule has 2 aromatic carbocycles. The molecule has 0 saturated heterocycles. The first kappa shape index (κ1) is 20.2. The molecule has 0 aliphatic carbocycles. The molecule has 1 amide bonds. The van der Waals surface area contributed by atoms with Crippen molar-refractivity contribution in [3.8, 4) is 0 Å². The number of rotatable bonds is 6. The van der Waals surface area contributed by atoms with E-state index in [-0.39, 0.29) is 5.91 Å². The van der Waals surface area contributed by atoms with E-state index in [1.807, 2.05) is 75.7 Å². The van der Waals surface area contributed by atoms with Crippen LogP contribution in [0.25, 0.3) is 0 Å². The van der Waals surface area contributed by atoms with Crippen molar-refractivity contribution in [1.29, 1.82) is 0 Å². The van der Waals surface area contributed by atoms with Crippen LogP contribution in [-0.4, -0.2) is 50.6 Å². The van der Waals surface area contributed by atoms with Gasteiger partial charge in [-0.1, -0.05) is 41.4 Å². The number of carbonyl (C=O) groups excluding carboxylic acids is 1. The highest BCUT2D eigenvalue weighted by atomic mass is 35.5. The van der Waals surface area contributed by atoms with E-state index in [1.54, 1.807) is 5.01 Å². The molecule has 0 bridgehead atoms. The fraction of sp³-hybridized carbons (Fsp3) is 0.381. The monoisotopic (exact) mass is 405 g/mol. The zero-order valence-electron chi connectivity index (χ0n) is 16.2. The van der Waals surface area contributed by atoms with Crippen molar-refractivity contribution in [2.24, 2.45) is 0 Å². The van der Waals surface area contributed by atoms with Crippen LogP contribution in [0.4, 0.5) is 5.69 Å². The molecule has 3 rings (SSSR count). The van der Waals surface area contributed by atoms with E-state index in [1.165, 1.54) is 0 Å². The third kappa shape index (κ3) is 3.59. The van der Waals surface area contributed by atoms with Crippen molar-refractivity contribution in [2.75, 3.05) is 39.7 Å². The summed E-state index contributed by atoms with van der Waals surface area (Å²) in [4.78, 5) is 15.9. The molecular formula is C21H25Cl2N3O. The highest BCUT2D eigenvalue weighted by molar-refractivity contribution is 6.31. The van der Waals surface area contributed by atoms with Crippen LogP contribution in [0.1, 0.15) is 24.0 Å². The van der Waals surface area contributed by atoms with Gasteiger partial charge in [0.05, 0.1) is 5.69 Å². The van der Waals surface area contributed by atoms with E-state index < -0.39 is 5.41 Å². The second-order valence-corrected chi connectivity index (χ2v) is 8.32. The van der Waals surface area contributed by atoms with Gasteiger partial charge in [-0.2, -0.15) is 0 Å². The Morgan fingerprint density at radius 2 is 1.59 bits per heavy atom. The highest BCUT2D eigenvalue weighted by Crippen LogP contribution is 2.50. The lowest BCUT2D eigenvalue weighted by atomic mass is 9.72. The van der Waals surface area contributed by atoms with Crippen LogP contribution in [0.2, 0.25) is 10.0 Å². The molecule has 0 aromatic heterocycles. The van der Waals surface area contributed by atoms with Crippen LogP contribution in [0.3, 0.4) is 0 Å². The number of anilines is 1. The minimum Gasteiger partial charge on any atom is -0.309 e. The molecule has 0 unspecified atom stereocenters. The maximum Gasteiger partial charge on any atom is 0.256 e. The molecule has 1 aliphatic rings. The van der Waals surface area contributed by atoms with Gasteiger partial charge in [0.25, 0.3) is 5.91 Å². The summed E-state index contributed by atoms with van der Waals surface area (Å²) in [7, 11) is 7.84. The molecule has 1 heterocycles. The lowest BCUT2D eigenvalue weighted by Gasteiger charge is -2.31. The molecule has 0 fully saturated rings. The van der Waals surface area contributed by atoms with Crippen molar-refractivity contribution in [1.82, 2.24) is 9.91 Å². The standard InChI is InChI=1S/C21H25Cl2N3O/c1-24(2)13-5-12-21(15-6-8-16(22)9-7-15)18-11-10-17(23)14-19(18)26(20(21)27)25(3)4/h6-11,14H,5,12-13H2,1-4H3/t21-/m0/s1. The van der Waals surface area contributed by atoms with E-state index in [4.69, 9.17) is 23.2 Å². The van der Waals surface area contributed by atoms with Gasteiger partial charge in [0.15, 0.2) is 0 Å². The number of nitrogens with zero attached hydrogens (tertiary/aromatic N) is 3. The number of amides is 1. The molecule has 1 atom stereocenters. The van der Waals surface area contributed by atoms with Crippen LogP contribution < -0.4 is 5.01 Å². The van der Waals surface area contributed by atoms with Gasteiger partial charge in [0, 0.05) is 24.1 Å². The van der Waals surface area contributed by atoms with Crippen LogP contribution in [0.5, 0.6) is 0 Å². The quantitative estimate of drug-likeness (QED) is 0.710. The SMILES string of the molecule is CN(C)CCC[C@@]1(c2ccc(Cl)cc2)C(=O)N(N(C)C)c2cc(Cl)ccc21. The number of hydrogen-bond acceptors (Lipinski definition) is 3. The molecule has 27 heavy (non-hydrogen) atoms. The zero-order valence-corrected chi connectivity index (χ0v) is 17.7.